The van der Waals surface area contributed by atoms with Crippen LogP contribution in [0.25, 0.3) is 102 Å². The smallest absolute Gasteiger partial charge is 0.188 e. The van der Waals surface area contributed by atoms with Gasteiger partial charge in [-0.1, -0.05) is 42.5 Å². The predicted octanol–water partition coefficient (Wildman–Crippen LogP) is 12.6. The van der Waals surface area contributed by atoms with Crippen LogP contribution >= 0.6 is 11.3 Å². The molecule has 7 aromatic carbocycles. The van der Waals surface area contributed by atoms with E-state index in [-0.39, 0.29) is 0 Å². The molecule has 0 aliphatic rings. The molecule has 6 heteroatoms. The number of hydrogen-bond acceptors (Lipinski definition) is 3. The molecule has 5 nitrogen and oxygen atoms in total. The molecule has 0 amide bonds. The molecule has 0 bridgehead atoms. The Morgan fingerprint density at radius 2 is 1.20 bits per heavy atom. The molecule has 0 saturated heterocycles. The molecule has 0 unspecified atom stereocenters. The lowest BCUT2D eigenvalue weighted by Gasteiger charge is -2.10. The first-order chi connectivity index (χ1) is 24.7. The lowest BCUT2D eigenvalue weighted by molar-refractivity contribution is 0.673. The number of benzene rings is 7. The zero-order valence-corrected chi connectivity index (χ0v) is 27.1. The summed E-state index contributed by atoms with van der Waals surface area (Å²) in [5, 5.41) is 18.5. The minimum atomic E-state index is 0.580. The van der Waals surface area contributed by atoms with Crippen molar-refractivity contribution in [3.63, 3.8) is 0 Å². The van der Waals surface area contributed by atoms with Crippen molar-refractivity contribution in [2.24, 2.45) is 0 Å². The molecule has 0 N–H and O–H groups in total. The molecule has 0 atom stereocenters. The number of rotatable bonds is 2. The Bertz CT molecular complexity index is 3290. The number of aromatic nitrogens is 2. The van der Waals surface area contributed by atoms with E-state index in [0.29, 0.717) is 11.3 Å². The molecule has 11 aromatic rings. The number of furan rings is 1. The minimum Gasteiger partial charge on any atom is -0.455 e. The van der Waals surface area contributed by atoms with Gasteiger partial charge in [-0.05, 0) is 96.4 Å². The number of para-hydroxylation sites is 2. The van der Waals surface area contributed by atoms with E-state index in [1.807, 2.05) is 48.5 Å². The van der Waals surface area contributed by atoms with Crippen LogP contribution in [0, 0.1) is 17.9 Å². The Labute approximate surface area is 288 Å². The fourth-order valence-electron chi connectivity index (χ4n) is 7.97. The van der Waals surface area contributed by atoms with Crippen molar-refractivity contribution in [3.8, 4) is 17.4 Å². The van der Waals surface area contributed by atoms with Crippen LogP contribution in [0.2, 0.25) is 0 Å². The number of thiophene rings is 1. The summed E-state index contributed by atoms with van der Waals surface area (Å²) in [5.41, 5.74) is 9.38. The summed E-state index contributed by atoms with van der Waals surface area (Å²) in [7, 11) is 0. The maximum atomic E-state index is 9.66. The van der Waals surface area contributed by atoms with E-state index in [4.69, 9.17) is 11.0 Å². The zero-order valence-electron chi connectivity index (χ0n) is 26.3. The first-order valence-electron chi connectivity index (χ1n) is 16.3. The second kappa shape index (κ2) is 9.84. The average Bonchev–Trinajstić information content (AvgIpc) is 3.91. The zero-order chi connectivity index (χ0) is 33.1. The van der Waals surface area contributed by atoms with E-state index in [1.165, 1.54) is 20.2 Å². The Morgan fingerprint density at radius 3 is 1.96 bits per heavy atom. The molecule has 50 heavy (non-hydrogen) atoms. The van der Waals surface area contributed by atoms with Crippen LogP contribution in [0.15, 0.2) is 138 Å². The molecule has 4 heterocycles. The summed E-state index contributed by atoms with van der Waals surface area (Å²) in [6.07, 6.45) is 0. The van der Waals surface area contributed by atoms with Gasteiger partial charge in [0.05, 0.1) is 45.7 Å². The van der Waals surface area contributed by atoms with Gasteiger partial charge < -0.3 is 13.6 Å². The van der Waals surface area contributed by atoms with Crippen molar-refractivity contribution < 1.29 is 4.42 Å². The van der Waals surface area contributed by atoms with Gasteiger partial charge in [-0.2, -0.15) is 5.26 Å². The summed E-state index contributed by atoms with van der Waals surface area (Å²) >= 11 is 1.80. The van der Waals surface area contributed by atoms with Crippen LogP contribution in [0.3, 0.4) is 0 Å². The van der Waals surface area contributed by atoms with E-state index in [0.717, 1.165) is 76.9 Å². The van der Waals surface area contributed by atoms with Gasteiger partial charge in [0.2, 0.25) is 0 Å². The van der Waals surface area contributed by atoms with Crippen molar-refractivity contribution >= 4 is 103 Å². The van der Waals surface area contributed by atoms with Gasteiger partial charge in [-0.25, -0.2) is 4.85 Å². The second-order valence-electron chi connectivity index (χ2n) is 12.7. The Kier molecular flexibility index (Phi) is 5.34. The molecule has 0 radical (unpaired) electrons. The summed E-state index contributed by atoms with van der Waals surface area (Å²) in [6, 6.07) is 48.6. The van der Waals surface area contributed by atoms with Crippen molar-refractivity contribution in [1.82, 2.24) is 9.13 Å². The lowest BCUT2D eigenvalue weighted by Crippen LogP contribution is -1.94. The normalized spacial score (nSPS) is 12.0. The number of hydrogen-bond donors (Lipinski definition) is 0. The summed E-state index contributed by atoms with van der Waals surface area (Å²) in [4.78, 5) is 3.68. The van der Waals surface area contributed by atoms with Crippen LogP contribution in [0.1, 0.15) is 5.56 Å². The first kappa shape index (κ1) is 27.1. The predicted molar refractivity (Wildman–Crippen MR) is 206 cm³/mol. The summed E-state index contributed by atoms with van der Waals surface area (Å²) < 4.78 is 13.6. The molecular weight excluding hydrogens is 633 g/mol. The van der Waals surface area contributed by atoms with Gasteiger partial charge >= 0.3 is 0 Å². The van der Waals surface area contributed by atoms with Crippen LogP contribution in [0.4, 0.5) is 5.69 Å². The molecule has 11 rings (SSSR count). The third kappa shape index (κ3) is 3.58. The molecule has 0 saturated carbocycles. The minimum absolute atomic E-state index is 0.580. The Hall–Kier alpha value is -6.86. The van der Waals surface area contributed by atoms with Crippen LogP contribution in [-0.2, 0) is 0 Å². The van der Waals surface area contributed by atoms with Crippen molar-refractivity contribution in [1.29, 1.82) is 5.26 Å². The van der Waals surface area contributed by atoms with Gasteiger partial charge in [-0.15, -0.1) is 11.3 Å². The number of fused-ring (bicyclic) bond motifs is 13. The molecule has 4 aromatic heterocycles. The molecule has 0 fully saturated rings. The standard InChI is InChI=1S/C44H22N4OS/c1-46-26-11-16-38-33(21-26)32-20-25(24-45)10-15-37(32)47(38)27-12-18-41-34(22-27)35-23-28(13-19-42(35)50-41)48-36-8-4-2-7-31(36)43-39(48)17-14-30-29-6-3-5-9-40(29)49-44(30)43/h2-23H. The Morgan fingerprint density at radius 1 is 0.560 bits per heavy atom. The largest absolute Gasteiger partial charge is 0.455 e. The van der Waals surface area contributed by atoms with Crippen molar-refractivity contribution in [3.05, 3.63) is 150 Å². The van der Waals surface area contributed by atoms with Crippen molar-refractivity contribution in [2.45, 2.75) is 0 Å². The van der Waals surface area contributed by atoms with E-state index in [9.17, 15) is 5.26 Å². The Balaban J connectivity index is 1.16. The molecule has 0 spiro atoms. The number of nitriles is 1. The average molecular weight is 655 g/mol. The third-order valence-corrected chi connectivity index (χ3v) is 11.3. The van der Waals surface area contributed by atoms with Crippen LogP contribution in [0.5, 0.6) is 0 Å². The number of nitrogens with zero attached hydrogens (tertiary/aromatic N) is 4. The SMILES string of the molecule is [C-]#[N+]c1ccc2c(c1)c1cc(C#N)ccc1n2-c1ccc2sc3ccc(-n4c5ccccc5c5c6oc7ccccc7c6ccc54)cc3c2c1. The van der Waals surface area contributed by atoms with Gasteiger partial charge in [0.1, 0.15) is 11.2 Å². The fourth-order valence-corrected chi connectivity index (χ4v) is 9.04. The lowest BCUT2D eigenvalue weighted by atomic mass is 10.1. The highest BCUT2D eigenvalue weighted by atomic mass is 32.1. The maximum absolute atomic E-state index is 9.66. The monoisotopic (exact) mass is 654 g/mol. The first-order valence-corrected chi connectivity index (χ1v) is 17.2. The van der Waals surface area contributed by atoms with Gasteiger partial charge in [0.15, 0.2) is 5.69 Å². The highest BCUT2D eigenvalue weighted by Crippen LogP contribution is 2.43. The van der Waals surface area contributed by atoms with Gasteiger partial charge in [-0.3, -0.25) is 0 Å². The summed E-state index contributed by atoms with van der Waals surface area (Å²) in [6.45, 7) is 7.60. The van der Waals surface area contributed by atoms with Gasteiger partial charge in [0, 0.05) is 53.1 Å². The van der Waals surface area contributed by atoms with Crippen molar-refractivity contribution in [2.75, 3.05) is 0 Å². The highest BCUT2D eigenvalue weighted by Gasteiger charge is 2.20. The molecule has 230 valence electrons. The second-order valence-corrected chi connectivity index (χ2v) is 13.8. The van der Waals surface area contributed by atoms with E-state index < -0.39 is 0 Å². The quantitative estimate of drug-likeness (QED) is 0.174. The highest BCUT2D eigenvalue weighted by molar-refractivity contribution is 7.25. The summed E-state index contributed by atoms with van der Waals surface area (Å²) in [5.74, 6) is 0. The molecular formula is C44H22N4OS. The van der Waals surface area contributed by atoms with Crippen LogP contribution in [-0.4, -0.2) is 9.13 Å². The van der Waals surface area contributed by atoms with E-state index >= 15 is 0 Å². The van der Waals surface area contributed by atoms with E-state index in [2.05, 4.69) is 105 Å². The van der Waals surface area contributed by atoms with Crippen LogP contribution < -0.4 is 0 Å². The van der Waals surface area contributed by atoms with E-state index in [1.54, 1.807) is 11.3 Å². The fraction of sp³-hybridized carbons (Fsp3) is 0. The third-order valence-electron chi connectivity index (χ3n) is 10.1. The molecule has 0 aliphatic carbocycles. The molecule has 0 aliphatic heterocycles. The maximum Gasteiger partial charge on any atom is 0.188 e. The van der Waals surface area contributed by atoms with Gasteiger partial charge in [0.25, 0.3) is 0 Å². The topological polar surface area (TPSA) is 51.1 Å².